The van der Waals surface area contributed by atoms with Crippen LogP contribution in [0, 0.1) is 10.1 Å². The first-order valence-corrected chi connectivity index (χ1v) is 9.20. The number of carbonyl (C=O) groups excluding carboxylic acids is 2. The molecule has 1 aromatic heterocycles. The van der Waals surface area contributed by atoms with Crippen molar-refractivity contribution >= 4 is 40.7 Å². The molecule has 154 valence electrons. The van der Waals surface area contributed by atoms with Gasteiger partial charge in [-0.1, -0.05) is 40.5 Å². The number of halogens is 2. The van der Waals surface area contributed by atoms with Crippen LogP contribution in [0.15, 0.2) is 47.0 Å². The van der Waals surface area contributed by atoms with Gasteiger partial charge >= 0.3 is 11.8 Å². The number of amides is 2. The number of nitro groups is 1. The number of non-ortho nitro benzene ring substituents is 1. The second-order valence-corrected chi connectivity index (χ2v) is 6.71. The van der Waals surface area contributed by atoms with E-state index >= 15 is 0 Å². The summed E-state index contributed by atoms with van der Waals surface area (Å²) >= 11 is 11.8. The Kier molecular flexibility index (Phi) is 6.60. The molecule has 0 bridgehead atoms. The minimum atomic E-state index is -0.655. The quantitative estimate of drug-likeness (QED) is 0.320. The van der Waals surface area contributed by atoms with Crippen LogP contribution in [0.25, 0.3) is 11.4 Å². The van der Waals surface area contributed by atoms with Crippen LogP contribution < -0.4 is 10.6 Å². The topological polar surface area (TPSA) is 140 Å². The van der Waals surface area contributed by atoms with Gasteiger partial charge in [0.1, 0.15) is 0 Å². The van der Waals surface area contributed by atoms with E-state index in [1.165, 1.54) is 30.3 Å². The highest BCUT2D eigenvalue weighted by Gasteiger charge is 2.17. The molecule has 3 rings (SSSR count). The number of aromatic nitrogens is 2. The number of nitrogens with one attached hydrogen (secondary N) is 2. The average Bonchev–Trinajstić information content (AvgIpc) is 3.21. The highest BCUT2D eigenvalue weighted by atomic mass is 35.5. The lowest BCUT2D eigenvalue weighted by atomic mass is 10.2. The Morgan fingerprint density at radius 2 is 1.80 bits per heavy atom. The lowest BCUT2D eigenvalue weighted by molar-refractivity contribution is -0.384. The van der Waals surface area contributed by atoms with E-state index < -0.39 is 16.7 Å². The summed E-state index contributed by atoms with van der Waals surface area (Å²) in [5.74, 6) is -1.35. The molecule has 2 N–H and O–H groups in total. The summed E-state index contributed by atoms with van der Waals surface area (Å²) in [5, 5.41) is 20.2. The maximum atomic E-state index is 12.1. The van der Waals surface area contributed by atoms with Gasteiger partial charge in [-0.3, -0.25) is 19.7 Å². The van der Waals surface area contributed by atoms with Crippen LogP contribution in [0.5, 0.6) is 0 Å². The fourth-order valence-corrected chi connectivity index (χ4v) is 2.88. The average molecular weight is 450 g/mol. The minimum Gasteiger partial charge on any atom is -0.350 e. The molecule has 0 saturated heterocycles. The smallest absolute Gasteiger partial charge is 0.316 e. The highest BCUT2D eigenvalue weighted by molar-refractivity contribution is 6.36. The number of hydrogen-bond acceptors (Lipinski definition) is 7. The van der Waals surface area contributed by atoms with Gasteiger partial charge in [-0.25, -0.2) is 0 Å². The van der Waals surface area contributed by atoms with E-state index in [0.717, 1.165) is 0 Å². The monoisotopic (exact) mass is 449 g/mol. The molecule has 2 amide bonds. The van der Waals surface area contributed by atoms with Crippen molar-refractivity contribution in [3.05, 3.63) is 74.1 Å². The Balaban J connectivity index is 1.53. The lowest BCUT2D eigenvalue weighted by Gasteiger charge is -2.07. The van der Waals surface area contributed by atoms with Crippen molar-refractivity contribution in [1.29, 1.82) is 0 Å². The Bertz CT molecular complexity index is 1120. The van der Waals surface area contributed by atoms with Crippen LogP contribution in [0.4, 0.5) is 5.69 Å². The third-order valence-corrected chi connectivity index (χ3v) is 4.36. The molecule has 0 fully saturated rings. The summed E-state index contributed by atoms with van der Waals surface area (Å²) in [4.78, 5) is 38.4. The molecule has 0 saturated carbocycles. The zero-order chi connectivity index (χ0) is 21.7. The van der Waals surface area contributed by atoms with E-state index in [4.69, 9.17) is 27.7 Å². The number of nitrogens with zero attached hydrogens (tertiary/aromatic N) is 3. The third kappa shape index (κ3) is 5.10. The molecule has 0 aliphatic carbocycles. The molecule has 0 aliphatic rings. The van der Waals surface area contributed by atoms with Crippen LogP contribution in [0.3, 0.4) is 0 Å². The SMILES string of the molecule is O=C(NCCNC(=O)c1ccc(Cl)cc1Cl)c1nc(-c2cccc([N+](=O)[O-])c2)no1. The van der Waals surface area contributed by atoms with Gasteiger partial charge in [0.2, 0.25) is 5.82 Å². The van der Waals surface area contributed by atoms with E-state index in [9.17, 15) is 19.7 Å². The molecule has 0 radical (unpaired) electrons. The largest absolute Gasteiger partial charge is 0.350 e. The summed E-state index contributed by atoms with van der Waals surface area (Å²) in [6, 6.07) is 10.1. The van der Waals surface area contributed by atoms with E-state index in [1.807, 2.05) is 0 Å². The number of nitro benzene ring substituents is 1. The van der Waals surface area contributed by atoms with Gasteiger partial charge in [0, 0.05) is 35.8 Å². The molecule has 0 unspecified atom stereocenters. The van der Waals surface area contributed by atoms with E-state index in [1.54, 1.807) is 12.1 Å². The van der Waals surface area contributed by atoms with Crippen molar-refractivity contribution in [2.75, 3.05) is 13.1 Å². The van der Waals surface area contributed by atoms with E-state index in [-0.39, 0.29) is 41.1 Å². The van der Waals surface area contributed by atoms with Crippen LogP contribution in [0.2, 0.25) is 10.0 Å². The van der Waals surface area contributed by atoms with Gasteiger partial charge in [-0.2, -0.15) is 4.98 Å². The molecule has 30 heavy (non-hydrogen) atoms. The van der Waals surface area contributed by atoms with Gasteiger partial charge in [-0.15, -0.1) is 0 Å². The maximum Gasteiger partial charge on any atom is 0.316 e. The summed E-state index contributed by atoms with van der Waals surface area (Å²) in [7, 11) is 0. The summed E-state index contributed by atoms with van der Waals surface area (Å²) in [6.45, 7) is 0.208. The van der Waals surface area contributed by atoms with Gasteiger partial charge < -0.3 is 15.2 Å². The van der Waals surface area contributed by atoms with Crippen LogP contribution in [0.1, 0.15) is 21.0 Å². The second kappa shape index (κ2) is 9.33. The summed E-state index contributed by atoms with van der Waals surface area (Å²) < 4.78 is 4.90. The Labute approximate surface area is 179 Å². The molecule has 2 aromatic carbocycles. The first kappa shape index (κ1) is 21.2. The van der Waals surface area contributed by atoms with Crippen molar-refractivity contribution in [3.63, 3.8) is 0 Å². The van der Waals surface area contributed by atoms with Crippen molar-refractivity contribution in [1.82, 2.24) is 20.8 Å². The van der Waals surface area contributed by atoms with E-state index in [0.29, 0.717) is 10.6 Å². The second-order valence-electron chi connectivity index (χ2n) is 5.87. The van der Waals surface area contributed by atoms with Crippen LogP contribution >= 0.6 is 23.2 Å². The molecule has 3 aromatic rings. The molecule has 0 spiro atoms. The van der Waals surface area contributed by atoms with Crippen molar-refractivity contribution < 1.29 is 19.0 Å². The number of hydrogen-bond donors (Lipinski definition) is 2. The highest BCUT2D eigenvalue weighted by Crippen LogP contribution is 2.22. The zero-order valence-corrected chi connectivity index (χ0v) is 16.6. The van der Waals surface area contributed by atoms with Gasteiger partial charge in [-0.05, 0) is 18.2 Å². The first-order valence-electron chi connectivity index (χ1n) is 8.45. The molecule has 0 aliphatic heterocycles. The number of carbonyl (C=O) groups is 2. The predicted octanol–water partition coefficient (Wildman–Crippen LogP) is 3.11. The predicted molar refractivity (Wildman–Crippen MR) is 108 cm³/mol. The van der Waals surface area contributed by atoms with Crippen LogP contribution in [-0.4, -0.2) is 40.0 Å². The number of benzene rings is 2. The minimum absolute atomic E-state index is 0.0366. The molecule has 12 heteroatoms. The van der Waals surface area contributed by atoms with Gasteiger partial charge in [0.25, 0.3) is 11.6 Å². The Hall–Kier alpha value is -3.50. The summed E-state index contributed by atoms with van der Waals surface area (Å²) in [6.07, 6.45) is 0. The molecule has 10 nitrogen and oxygen atoms in total. The molecule has 1 heterocycles. The normalized spacial score (nSPS) is 10.5. The van der Waals surface area contributed by atoms with E-state index in [2.05, 4.69) is 20.8 Å². The standard InChI is InChI=1S/C18H13Cl2N5O5/c19-11-4-5-13(14(20)9-11)16(26)21-6-7-22-17(27)18-23-15(24-30-18)10-2-1-3-12(8-10)25(28)29/h1-5,8-9H,6-7H2,(H,21,26)(H,22,27). The Morgan fingerprint density at radius 1 is 1.07 bits per heavy atom. The van der Waals surface area contributed by atoms with Gasteiger partial charge in [0.15, 0.2) is 0 Å². The fourth-order valence-electron chi connectivity index (χ4n) is 2.39. The first-order chi connectivity index (χ1) is 14.3. The molecular formula is C18H13Cl2N5O5. The number of rotatable bonds is 7. The lowest BCUT2D eigenvalue weighted by Crippen LogP contribution is -2.34. The molecular weight excluding hydrogens is 437 g/mol. The van der Waals surface area contributed by atoms with Crippen molar-refractivity contribution in [2.24, 2.45) is 0 Å². The molecule has 0 atom stereocenters. The van der Waals surface area contributed by atoms with Crippen LogP contribution in [-0.2, 0) is 0 Å². The van der Waals surface area contributed by atoms with Crippen molar-refractivity contribution in [2.45, 2.75) is 0 Å². The maximum absolute atomic E-state index is 12.1. The van der Waals surface area contributed by atoms with Gasteiger partial charge in [0.05, 0.1) is 15.5 Å². The fraction of sp³-hybridized carbons (Fsp3) is 0.111. The third-order valence-electron chi connectivity index (χ3n) is 3.81. The summed E-state index contributed by atoms with van der Waals surface area (Å²) in [5.41, 5.74) is 0.449. The zero-order valence-electron chi connectivity index (χ0n) is 15.1. The Morgan fingerprint density at radius 3 is 2.50 bits per heavy atom. The van der Waals surface area contributed by atoms with Crippen molar-refractivity contribution in [3.8, 4) is 11.4 Å².